The van der Waals surface area contributed by atoms with Crippen LogP contribution in [0.2, 0.25) is 0 Å². The van der Waals surface area contributed by atoms with Gasteiger partial charge in [-0.3, -0.25) is 4.79 Å². The van der Waals surface area contributed by atoms with Crippen LogP contribution in [0.1, 0.15) is 32.6 Å². The van der Waals surface area contributed by atoms with E-state index >= 15 is 0 Å². The van der Waals surface area contributed by atoms with Gasteiger partial charge in [-0.2, -0.15) is 0 Å². The summed E-state index contributed by atoms with van der Waals surface area (Å²) in [7, 11) is 0. The second-order valence-corrected chi connectivity index (χ2v) is 7.13. The molecule has 4 heteroatoms. The van der Waals surface area contributed by atoms with Gasteiger partial charge in [0, 0.05) is 35.5 Å². The average Bonchev–Trinajstić information content (AvgIpc) is 3.04. The summed E-state index contributed by atoms with van der Waals surface area (Å²) in [5.41, 5.74) is 12.4. The Labute approximate surface area is 169 Å². The summed E-state index contributed by atoms with van der Waals surface area (Å²) in [5, 5.41) is 3.18. The van der Waals surface area contributed by atoms with E-state index in [9.17, 15) is 9.18 Å². The van der Waals surface area contributed by atoms with Gasteiger partial charge in [-0.1, -0.05) is 55.1 Å². The molecule has 0 fully saturated rings. The summed E-state index contributed by atoms with van der Waals surface area (Å²) in [6, 6.07) is 19.9. The molecular weight excluding hydrogens is 363 g/mol. The Kier molecular flexibility index (Phi) is 5.00. The maximum absolute atomic E-state index is 13.4. The first-order valence-corrected chi connectivity index (χ1v) is 9.41. The average molecular weight is 384 g/mol. The number of Topliss-reactive ketones (excluding diaryl/α,β-unsaturated/α-hetero) is 1. The van der Waals surface area contributed by atoms with Crippen LogP contribution in [0.5, 0.6) is 0 Å². The van der Waals surface area contributed by atoms with Crippen LogP contribution in [0.15, 0.2) is 78.9 Å². The zero-order valence-electron chi connectivity index (χ0n) is 15.9. The quantitative estimate of drug-likeness (QED) is 0.481. The SMILES string of the molecule is C=C(NCc1cc(F)ccc1N)c1ccc(/C=C2\Cc3ccccc3C2=O)cc1. The Morgan fingerprint density at radius 2 is 1.86 bits per heavy atom. The van der Waals surface area contributed by atoms with Crippen LogP contribution < -0.4 is 11.1 Å². The fourth-order valence-electron chi connectivity index (χ4n) is 3.48. The van der Waals surface area contributed by atoms with E-state index < -0.39 is 0 Å². The van der Waals surface area contributed by atoms with E-state index in [1.54, 1.807) is 6.07 Å². The Hall–Kier alpha value is -3.66. The number of anilines is 1. The number of hydrogen-bond acceptors (Lipinski definition) is 3. The molecule has 0 saturated carbocycles. The van der Waals surface area contributed by atoms with Gasteiger partial charge in [-0.15, -0.1) is 0 Å². The van der Waals surface area contributed by atoms with E-state index in [2.05, 4.69) is 11.9 Å². The third-order valence-electron chi connectivity index (χ3n) is 5.13. The number of nitrogens with one attached hydrogen (secondary N) is 1. The molecule has 0 bridgehead atoms. The monoisotopic (exact) mass is 384 g/mol. The minimum atomic E-state index is -0.317. The summed E-state index contributed by atoms with van der Waals surface area (Å²) < 4.78 is 13.4. The van der Waals surface area contributed by atoms with Crippen molar-refractivity contribution in [3.8, 4) is 0 Å². The molecule has 4 rings (SSSR count). The normalized spacial score (nSPS) is 14.1. The van der Waals surface area contributed by atoms with E-state index in [1.807, 2.05) is 54.6 Å². The topological polar surface area (TPSA) is 55.1 Å². The molecule has 0 unspecified atom stereocenters. The van der Waals surface area contributed by atoms with Crippen molar-refractivity contribution in [2.45, 2.75) is 13.0 Å². The molecule has 0 saturated heterocycles. The van der Waals surface area contributed by atoms with Gasteiger partial charge in [0.15, 0.2) is 5.78 Å². The molecule has 29 heavy (non-hydrogen) atoms. The second-order valence-electron chi connectivity index (χ2n) is 7.13. The van der Waals surface area contributed by atoms with Crippen molar-refractivity contribution in [3.63, 3.8) is 0 Å². The summed E-state index contributed by atoms with van der Waals surface area (Å²) >= 11 is 0. The van der Waals surface area contributed by atoms with Crippen molar-refractivity contribution in [2.75, 3.05) is 5.73 Å². The molecule has 0 atom stereocenters. The molecule has 144 valence electrons. The second kappa shape index (κ2) is 7.76. The highest BCUT2D eigenvalue weighted by Gasteiger charge is 2.23. The van der Waals surface area contributed by atoms with Crippen molar-refractivity contribution in [1.29, 1.82) is 0 Å². The third kappa shape index (κ3) is 3.97. The van der Waals surface area contributed by atoms with Gasteiger partial charge in [0.1, 0.15) is 5.82 Å². The molecule has 0 amide bonds. The Balaban J connectivity index is 1.44. The molecular formula is C25H21FN2O. The zero-order chi connectivity index (χ0) is 20.4. The summed E-state index contributed by atoms with van der Waals surface area (Å²) in [6.07, 6.45) is 2.61. The van der Waals surface area contributed by atoms with Gasteiger partial charge in [-0.05, 0) is 46.5 Å². The maximum Gasteiger partial charge on any atom is 0.189 e. The Bertz CT molecular complexity index is 1130. The van der Waals surface area contributed by atoms with Crippen LogP contribution >= 0.6 is 0 Å². The highest BCUT2D eigenvalue weighted by molar-refractivity contribution is 6.15. The highest BCUT2D eigenvalue weighted by Crippen LogP contribution is 2.27. The van der Waals surface area contributed by atoms with Gasteiger partial charge < -0.3 is 11.1 Å². The predicted molar refractivity (Wildman–Crippen MR) is 116 cm³/mol. The van der Waals surface area contributed by atoms with Crippen molar-refractivity contribution < 1.29 is 9.18 Å². The number of carbonyl (C=O) groups excluding carboxylic acids is 1. The van der Waals surface area contributed by atoms with Gasteiger partial charge in [0.05, 0.1) is 0 Å². The van der Waals surface area contributed by atoms with E-state index in [0.717, 1.165) is 33.5 Å². The van der Waals surface area contributed by atoms with Crippen LogP contribution in [0.3, 0.4) is 0 Å². The molecule has 0 heterocycles. The number of fused-ring (bicyclic) bond motifs is 1. The smallest absolute Gasteiger partial charge is 0.189 e. The van der Waals surface area contributed by atoms with Crippen LogP contribution in [0.25, 0.3) is 11.8 Å². The zero-order valence-corrected chi connectivity index (χ0v) is 15.9. The van der Waals surface area contributed by atoms with Gasteiger partial charge >= 0.3 is 0 Å². The first-order valence-electron chi connectivity index (χ1n) is 9.41. The molecule has 0 spiro atoms. The van der Waals surface area contributed by atoms with Crippen molar-refractivity contribution in [2.24, 2.45) is 0 Å². The maximum atomic E-state index is 13.4. The Morgan fingerprint density at radius 3 is 2.62 bits per heavy atom. The number of halogens is 1. The molecule has 3 aromatic rings. The fraction of sp³-hybridized carbons (Fsp3) is 0.0800. The van der Waals surface area contributed by atoms with Crippen LogP contribution in [0.4, 0.5) is 10.1 Å². The first-order chi connectivity index (χ1) is 14.0. The third-order valence-corrected chi connectivity index (χ3v) is 5.13. The fourth-order valence-corrected chi connectivity index (χ4v) is 3.48. The standard InChI is InChI=1S/C25H21FN2O/c1-16(28-15-21-14-22(26)10-11-24(21)27)18-8-6-17(7-9-18)12-20-13-19-4-2-3-5-23(19)25(20)29/h2-12,14,28H,1,13,15,27H2/b20-12+. The van der Waals surface area contributed by atoms with Crippen LogP contribution in [0, 0.1) is 5.82 Å². The number of nitrogen functional groups attached to an aromatic ring is 1. The van der Waals surface area contributed by atoms with E-state index in [0.29, 0.717) is 24.2 Å². The van der Waals surface area contributed by atoms with E-state index in [4.69, 9.17) is 5.73 Å². The van der Waals surface area contributed by atoms with Crippen molar-refractivity contribution >= 4 is 23.2 Å². The summed E-state index contributed by atoms with van der Waals surface area (Å²) in [5.74, 6) is -0.217. The minimum absolute atomic E-state index is 0.100. The molecule has 1 aliphatic carbocycles. The van der Waals surface area contributed by atoms with Crippen LogP contribution in [-0.4, -0.2) is 5.78 Å². The highest BCUT2D eigenvalue weighted by atomic mass is 19.1. The first kappa shape index (κ1) is 18.7. The molecule has 0 aromatic heterocycles. The Morgan fingerprint density at radius 1 is 1.10 bits per heavy atom. The largest absolute Gasteiger partial charge is 0.398 e. The predicted octanol–water partition coefficient (Wildman–Crippen LogP) is 4.99. The lowest BCUT2D eigenvalue weighted by Gasteiger charge is -2.12. The number of allylic oxidation sites excluding steroid dienone is 1. The number of nitrogens with two attached hydrogens (primary N) is 1. The number of benzene rings is 3. The lowest BCUT2D eigenvalue weighted by atomic mass is 10.0. The lowest BCUT2D eigenvalue weighted by molar-refractivity contribution is 0.104. The summed E-state index contributed by atoms with van der Waals surface area (Å²) in [6.45, 7) is 4.44. The van der Waals surface area contributed by atoms with Crippen LogP contribution in [-0.2, 0) is 13.0 Å². The lowest BCUT2D eigenvalue weighted by Crippen LogP contribution is -2.12. The minimum Gasteiger partial charge on any atom is -0.398 e. The number of hydrogen-bond donors (Lipinski definition) is 2. The summed E-state index contributed by atoms with van der Waals surface area (Å²) in [4.78, 5) is 12.5. The molecule has 3 aromatic carbocycles. The molecule has 0 radical (unpaired) electrons. The van der Waals surface area contributed by atoms with Gasteiger partial charge in [-0.25, -0.2) is 4.39 Å². The number of carbonyl (C=O) groups is 1. The van der Waals surface area contributed by atoms with Gasteiger partial charge in [0.25, 0.3) is 0 Å². The molecule has 0 aliphatic heterocycles. The van der Waals surface area contributed by atoms with Crippen molar-refractivity contribution in [3.05, 3.63) is 113 Å². The van der Waals surface area contributed by atoms with E-state index in [-0.39, 0.29) is 11.6 Å². The number of ketones is 1. The molecule has 1 aliphatic rings. The van der Waals surface area contributed by atoms with E-state index in [1.165, 1.54) is 12.1 Å². The molecule has 3 nitrogen and oxygen atoms in total. The van der Waals surface area contributed by atoms with Gasteiger partial charge in [0.2, 0.25) is 0 Å². The van der Waals surface area contributed by atoms with Crippen molar-refractivity contribution in [1.82, 2.24) is 5.32 Å². The number of rotatable bonds is 5. The molecule has 3 N–H and O–H groups in total.